The number of alkyl halides is 6. The van der Waals surface area contributed by atoms with E-state index in [-0.39, 0.29) is 23.4 Å². The summed E-state index contributed by atoms with van der Waals surface area (Å²) in [6.45, 7) is 7.88. The monoisotopic (exact) mass is 546 g/mol. The first kappa shape index (κ1) is 29.5. The molecule has 1 aromatic carbocycles. The molecule has 210 valence electrons. The van der Waals surface area contributed by atoms with Gasteiger partial charge >= 0.3 is 18.4 Å². The molecule has 0 unspecified atom stereocenters. The van der Waals surface area contributed by atoms with Crippen molar-refractivity contribution in [2.75, 3.05) is 24.1 Å². The molecule has 0 saturated heterocycles. The summed E-state index contributed by atoms with van der Waals surface area (Å²) in [7, 11) is 0. The molecule has 0 atom stereocenters. The van der Waals surface area contributed by atoms with E-state index in [2.05, 4.69) is 25.8 Å². The number of benzene rings is 1. The number of rotatable bonds is 5. The molecular weight excluding hydrogens is 514 g/mol. The first-order chi connectivity index (χ1) is 17.4. The quantitative estimate of drug-likeness (QED) is 0.319. The molecule has 1 aliphatic rings. The molecule has 38 heavy (non-hydrogen) atoms. The zero-order valence-electron chi connectivity index (χ0n) is 21.8. The predicted molar refractivity (Wildman–Crippen MR) is 134 cm³/mol. The molecule has 0 aliphatic heterocycles. The van der Waals surface area contributed by atoms with Crippen LogP contribution in [0.1, 0.15) is 51.7 Å². The molecule has 0 bridgehead atoms. The van der Waals surface area contributed by atoms with Crippen LogP contribution in [-0.4, -0.2) is 46.7 Å². The van der Waals surface area contributed by atoms with Crippen LogP contribution in [0.25, 0.3) is 22.5 Å². The summed E-state index contributed by atoms with van der Waals surface area (Å²) in [4.78, 5) is 4.63. The normalized spacial score (nSPS) is 18.1. The molecule has 1 aliphatic carbocycles. The minimum Gasteiger partial charge on any atom is -0.402 e. The maximum absolute atomic E-state index is 12.6. The van der Waals surface area contributed by atoms with Gasteiger partial charge in [0.15, 0.2) is 0 Å². The van der Waals surface area contributed by atoms with Gasteiger partial charge in [-0.1, -0.05) is 32.8 Å². The van der Waals surface area contributed by atoms with E-state index < -0.39 is 25.4 Å². The van der Waals surface area contributed by atoms with Crippen molar-refractivity contribution >= 4 is 22.6 Å². The second-order valence-electron chi connectivity index (χ2n) is 10.7. The Morgan fingerprint density at radius 3 is 2.11 bits per heavy atom. The van der Waals surface area contributed by atoms with E-state index in [9.17, 15) is 26.3 Å². The van der Waals surface area contributed by atoms with E-state index in [4.69, 9.17) is 10.2 Å². The van der Waals surface area contributed by atoms with Gasteiger partial charge in [-0.25, -0.2) is 4.98 Å². The summed E-state index contributed by atoms with van der Waals surface area (Å²) in [5.41, 5.74) is 8.30. The lowest BCUT2D eigenvalue weighted by Crippen LogP contribution is -2.44. The lowest BCUT2D eigenvalue weighted by molar-refractivity contribution is -0.128. The van der Waals surface area contributed by atoms with Crippen LogP contribution in [-0.2, 0) is 5.41 Å². The van der Waals surface area contributed by atoms with E-state index in [0.717, 1.165) is 29.4 Å². The summed E-state index contributed by atoms with van der Waals surface area (Å²) < 4.78 is 77.9. The largest absolute Gasteiger partial charge is 0.405 e. The molecule has 1 fully saturated rings. The van der Waals surface area contributed by atoms with Gasteiger partial charge < -0.3 is 20.8 Å². The number of nitrogens with one attached hydrogen (secondary N) is 2. The fourth-order valence-corrected chi connectivity index (χ4v) is 4.14. The van der Waals surface area contributed by atoms with Crippen LogP contribution in [0.5, 0.6) is 0 Å². The third-order valence-electron chi connectivity index (χ3n) is 6.05. The van der Waals surface area contributed by atoms with Crippen molar-refractivity contribution in [3.05, 3.63) is 29.3 Å². The van der Waals surface area contributed by atoms with Gasteiger partial charge in [0.25, 0.3) is 5.89 Å². The second-order valence-corrected chi connectivity index (χ2v) is 10.7. The van der Waals surface area contributed by atoms with Crippen LogP contribution in [0.3, 0.4) is 0 Å². The van der Waals surface area contributed by atoms with Crippen molar-refractivity contribution in [1.29, 1.82) is 0 Å². The van der Waals surface area contributed by atoms with Gasteiger partial charge in [0, 0.05) is 17.1 Å². The van der Waals surface area contributed by atoms with Gasteiger partial charge in [-0.05, 0) is 60.4 Å². The number of hydrogen-bond donors (Lipinski definition) is 3. The molecule has 4 N–H and O–H groups in total. The fourth-order valence-electron chi connectivity index (χ4n) is 4.14. The molecule has 0 radical (unpaired) electrons. The minimum absolute atomic E-state index is 0.0627. The molecule has 3 aromatic rings. The van der Waals surface area contributed by atoms with Crippen molar-refractivity contribution in [2.24, 2.45) is 5.92 Å². The Balaban J connectivity index is 0.000000304. The molecule has 1 saturated carbocycles. The third-order valence-corrected chi connectivity index (χ3v) is 6.05. The number of aromatic nitrogens is 3. The molecule has 4 rings (SSSR count). The Bertz CT molecular complexity index is 1240. The molecule has 7 nitrogen and oxygen atoms in total. The first-order valence-electron chi connectivity index (χ1n) is 12.1. The van der Waals surface area contributed by atoms with Crippen LogP contribution in [0.15, 0.2) is 22.6 Å². The number of anilines is 2. The van der Waals surface area contributed by atoms with Gasteiger partial charge in [0.05, 0.1) is 12.1 Å². The van der Waals surface area contributed by atoms with Gasteiger partial charge in [0.1, 0.15) is 12.2 Å². The summed E-state index contributed by atoms with van der Waals surface area (Å²) in [6.07, 6.45) is -6.59. The third kappa shape index (κ3) is 8.20. The topological polar surface area (TPSA) is 102 Å². The highest BCUT2D eigenvalue weighted by Crippen LogP contribution is 2.35. The van der Waals surface area contributed by atoms with Crippen LogP contribution in [0.2, 0.25) is 0 Å². The number of nitrogens with zero attached hydrogens (tertiary/aromatic N) is 3. The Morgan fingerprint density at radius 1 is 0.974 bits per heavy atom. The number of aryl methyl sites for hydroxylation is 1. The van der Waals surface area contributed by atoms with Crippen LogP contribution < -0.4 is 16.4 Å². The Labute approximate surface area is 216 Å². The van der Waals surface area contributed by atoms with Crippen LogP contribution in [0.4, 0.5) is 38.0 Å². The molecule has 0 amide bonds. The number of pyridine rings is 1. The number of hydrogen-bond acceptors (Lipinski definition) is 7. The van der Waals surface area contributed by atoms with Gasteiger partial charge in [-0.3, -0.25) is 0 Å². The summed E-state index contributed by atoms with van der Waals surface area (Å²) in [6, 6.07) is 5.16. The summed E-state index contributed by atoms with van der Waals surface area (Å²) >= 11 is 0. The fraction of sp³-hybridized carbons (Fsp3) is 0.560. The van der Waals surface area contributed by atoms with Crippen molar-refractivity contribution < 1.29 is 30.8 Å². The van der Waals surface area contributed by atoms with Gasteiger partial charge in [0.2, 0.25) is 0 Å². The van der Waals surface area contributed by atoms with E-state index in [1.54, 1.807) is 18.2 Å². The highest BCUT2D eigenvalue weighted by atomic mass is 19.4. The number of nitrogens with two attached hydrogens (primary N) is 1. The molecular formula is C25H32F6N6O. The van der Waals surface area contributed by atoms with Crippen molar-refractivity contribution in [3.8, 4) is 11.6 Å². The Morgan fingerprint density at radius 2 is 1.61 bits per heavy atom. The van der Waals surface area contributed by atoms with Gasteiger partial charge in [-0.15, -0.1) is 5.10 Å². The van der Waals surface area contributed by atoms with E-state index in [0.29, 0.717) is 22.8 Å². The zero-order chi connectivity index (χ0) is 28.5. The van der Waals surface area contributed by atoms with Crippen LogP contribution >= 0.6 is 0 Å². The second kappa shape index (κ2) is 11.0. The van der Waals surface area contributed by atoms with Crippen molar-refractivity contribution in [1.82, 2.24) is 20.5 Å². The minimum atomic E-state index is -4.30. The Hall–Kier alpha value is -3.09. The maximum Gasteiger partial charge on any atom is 0.405 e. The van der Waals surface area contributed by atoms with Gasteiger partial charge in [-0.2, -0.15) is 26.3 Å². The lowest BCUT2D eigenvalue weighted by Gasteiger charge is -2.33. The van der Waals surface area contributed by atoms with E-state index in [1.165, 1.54) is 0 Å². The lowest BCUT2D eigenvalue weighted by atomic mass is 9.82. The zero-order valence-corrected chi connectivity index (χ0v) is 21.8. The van der Waals surface area contributed by atoms with Crippen molar-refractivity contribution in [3.63, 3.8) is 0 Å². The molecule has 0 spiro atoms. The molecule has 2 heterocycles. The van der Waals surface area contributed by atoms with Crippen molar-refractivity contribution in [2.45, 2.75) is 71.3 Å². The molecule has 13 heteroatoms. The first-order valence-corrected chi connectivity index (χ1v) is 12.1. The standard InChI is InChI=1S/C18H20F3N5O.C7H12F3N/c1-9-5-13(15-25-26-16(22)27-15)24-14-11(9)6-10(23-8-18(19,20)21)7-12(14)17(2,3)4;1-5-2-6(3-5)11-4-7(8,9)10/h5-7,23H,8H2,1-4H3,(H2,22,26);5-6,11H,2-4H2,1H3. The Kier molecular flexibility index (Phi) is 8.49. The average Bonchev–Trinajstić information content (AvgIpc) is 3.19. The predicted octanol–water partition coefficient (Wildman–Crippen LogP) is 6.38. The highest BCUT2D eigenvalue weighted by Gasteiger charge is 2.32. The summed E-state index contributed by atoms with van der Waals surface area (Å²) in [5.74, 6) is 0.789. The number of nitrogen functional groups attached to an aromatic ring is 1. The number of fused-ring (bicyclic) bond motifs is 1. The SMILES string of the molecule is CC1CC(NCC(F)(F)F)C1.Cc1cc(-c2nnc(N)o2)nc2c(C(C)(C)C)cc(NCC(F)(F)F)cc12. The van der Waals surface area contributed by atoms with Crippen LogP contribution in [0, 0.1) is 12.8 Å². The summed E-state index contributed by atoms with van der Waals surface area (Å²) in [5, 5.41) is 13.2. The number of halogens is 6. The van der Waals surface area contributed by atoms with E-state index >= 15 is 0 Å². The maximum atomic E-state index is 12.6. The highest BCUT2D eigenvalue weighted by molar-refractivity contribution is 5.90. The average molecular weight is 547 g/mol. The molecule has 2 aromatic heterocycles. The smallest absolute Gasteiger partial charge is 0.402 e. The van der Waals surface area contributed by atoms with E-state index in [1.807, 2.05) is 34.6 Å².